The van der Waals surface area contributed by atoms with Crippen LogP contribution in [0.1, 0.15) is 50.4 Å². The third kappa shape index (κ3) is 4.71. The molecule has 1 saturated heterocycles. The summed E-state index contributed by atoms with van der Waals surface area (Å²) in [4.78, 5) is 15.1. The van der Waals surface area contributed by atoms with Crippen molar-refractivity contribution in [1.82, 2.24) is 19.7 Å². The zero-order valence-electron chi connectivity index (χ0n) is 17.4. The van der Waals surface area contributed by atoms with E-state index in [0.29, 0.717) is 42.3 Å². The number of carbonyl (C=O) groups is 1. The molecule has 1 amide bonds. The van der Waals surface area contributed by atoms with Crippen molar-refractivity contribution < 1.29 is 14.3 Å². The highest BCUT2D eigenvalue weighted by Crippen LogP contribution is 2.39. The number of hydrogen-bond acceptors (Lipinski definition) is 6. The number of aromatic nitrogens is 3. The van der Waals surface area contributed by atoms with E-state index in [4.69, 9.17) is 21.1 Å². The first-order valence-corrected chi connectivity index (χ1v) is 12.4. The summed E-state index contributed by atoms with van der Waals surface area (Å²) >= 11 is 7.67. The smallest absolute Gasteiger partial charge is 0.233 e. The maximum atomic E-state index is 13.0. The Morgan fingerprint density at radius 3 is 2.87 bits per heavy atom. The molecule has 1 aromatic heterocycles. The Morgan fingerprint density at radius 2 is 2.03 bits per heavy atom. The predicted molar refractivity (Wildman–Crippen MR) is 119 cm³/mol. The molecule has 2 atom stereocenters. The summed E-state index contributed by atoms with van der Waals surface area (Å²) in [5, 5.41) is 10.1. The Kier molecular flexibility index (Phi) is 6.39. The summed E-state index contributed by atoms with van der Waals surface area (Å²) in [6.07, 6.45) is 6.89. The molecule has 1 aliphatic heterocycles. The van der Waals surface area contributed by atoms with Crippen molar-refractivity contribution in [2.45, 2.75) is 68.5 Å². The van der Waals surface area contributed by atoms with Crippen LogP contribution >= 0.6 is 23.4 Å². The van der Waals surface area contributed by atoms with Crippen molar-refractivity contribution in [3.63, 3.8) is 0 Å². The van der Waals surface area contributed by atoms with E-state index in [2.05, 4.69) is 14.8 Å². The fraction of sp³-hybridized carbons (Fsp3) is 0.591. The molecule has 31 heavy (non-hydrogen) atoms. The second kappa shape index (κ2) is 9.38. The number of thioether (sulfide) groups is 1. The first-order valence-electron chi connectivity index (χ1n) is 11.1. The molecule has 0 spiro atoms. The second-order valence-corrected chi connectivity index (χ2v) is 9.71. The summed E-state index contributed by atoms with van der Waals surface area (Å²) in [6, 6.07) is 8.03. The molecule has 2 aliphatic carbocycles. The number of ether oxygens (including phenoxy) is 2. The van der Waals surface area contributed by atoms with Crippen LogP contribution in [0.4, 0.5) is 0 Å². The van der Waals surface area contributed by atoms with Crippen molar-refractivity contribution >= 4 is 29.3 Å². The predicted octanol–water partition coefficient (Wildman–Crippen LogP) is 4.11. The van der Waals surface area contributed by atoms with E-state index in [1.165, 1.54) is 24.6 Å². The highest BCUT2D eigenvalue weighted by molar-refractivity contribution is 7.99. The minimum absolute atomic E-state index is 0.171. The number of nitrogens with zero attached hydrogens (tertiary/aromatic N) is 4. The molecule has 2 saturated carbocycles. The van der Waals surface area contributed by atoms with E-state index in [0.717, 1.165) is 36.7 Å². The Bertz CT molecular complexity index is 933. The first kappa shape index (κ1) is 21.1. The lowest BCUT2D eigenvalue weighted by molar-refractivity contribution is -0.146. The Labute approximate surface area is 191 Å². The van der Waals surface area contributed by atoms with Gasteiger partial charge in [-0.3, -0.25) is 9.36 Å². The maximum absolute atomic E-state index is 13.0. The van der Waals surface area contributed by atoms with Gasteiger partial charge in [0.25, 0.3) is 0 Å². The molecule has 166 valence electrons. The molecular formula is C22H27ClN4O3S. The quantitative estimate of drug-likeness (QED) is 0.577. The van der Waals surface area contributed by atoms with Gasteiger partial charge >= 0.3 is 0 Å². The number of para-hydroxylation sites is 1. The molecule has 9 heteroatoms. The lowest BCUT2D eigenvalue weighted by Crippen LogP contribution is -2.55. The third-order valence-corrected chi connectivity index (χ3v) is 7.46. The van der Waals surface area contributed by atoms with Gasteiger partial charge in [0, 0.05) is 12.6 Å². The van der Waals surface area contributed by atoms with Crippen LogP contribution in [0, 0.1) is 0 Å². The van der Waals surface area contributed by atoms with Gasteiger partial charge in [0.05, 0.1) is 29.5 Å². The standard InChI is InChI=1S/C22H27ClN4O3S/c23-16-5-1-3-7-18(16)30-13-20-24-25-22(27(20)15-9-10-15)31-14-21(28)26-11-12-29-19-8-4-2-6-17(19)26/h1,3,5,7,15,17,19H,2,4,6,8-14H2. The minimum atomic E-state index is 0.171. The molecule has 0 N–H and O–H groups in total. The van der Waals surface area contributed by atoms with Crippen LogP contribution in [0.3, 0.4) is 0 Å². The number of carbonyl (C=O) groups excluding carboxylic acids is 1. The van der Waals surface area contributed by atoms with Crippen LogP contribution in [0.5, 0.6) is 5.75 Å². The zero-order valence-corrected chi connectivity index (χ0v) is 19.0. The van der Waals surface area contributed by atoms with Crippen LogP contribution in [0.25, 0.3) is 0 Å². The van der Waals surface area contributed by atoms with Crippen LogP contribution < -0.4 is 4.74 Å². The molecule has 0 radical (unpaired) electrons. The third-order valence-electron chi connectivity index (χ3n) is 6.22. The average molecular weight is 463 g/mol. The van der Waals surface area contributed by atoms with Crippen LogP contribution in [0.2, 0.25) is 5.02 Å². The van der Waals surface area contributed by atoms with E-state index < -0.39 is 0 Å². The summed E-state index contributed by atoms with van der Waals surface area (Å²) < 4.78 is 13.9. The number of hydrogen-bond donors (Lipinski definition) is 0. The molecular weight excluding hydrogens is 436 g/mol. The molecule has 1 aromatic carbocycles. The van der Waals surface area contributed by atoms with Crippen LogP contribution in [-0.2, 0) is 16.1 Å². The number of rotatable bonds is 7. The molecule has 2 unspecified atom stereocenters. The number of benzene rings is 1. The number of fused-ring (bicyclic) bond motifs is 1. The van der Waals surface area contributed by atoms with E-state index in [1.807, 2.05) is 23.1 Å². The summed E-state index contributed by atoms with van der Waals surface area (Å²) in [7, 11) is 0. The normalized spacial score (nSPS) is 23.5. The topological polar surface area (TPSA) is 69.5 Å². The van der Waals surface area contributed by atoms with Gasteiger partial charge in [-0.15, -0.1) is 10.2 Å². The average Bonchev–Trinajstić information content (AvgIpc) is 3.56. The largest absolute Gasteiger partial charge is 0.484 e. The monoisotopic (exact) mass is 462 g/mol. The van der Waals surface area contributed by atoms with Gasteiger partial charge in [-0.05, 0) is 37.8 Å². The van der Waals surface area contributed by atoms with Crippen molar-refractivity contribution in [1.29, 1.82) is 0 Å². The molecule has 7 nitrogen and oxygen atoms in total. The van der Waals surface area contributed by atoms with E-state index in [9.17, 15) is 4.79 Å². The first-order chi connectivity index (χ1) is 15.2. The molecule has 5 rings (SSSR count). The highest BCUT2D eigenvalue weighted by atomic mass is 35.5. The SMILES string of the molecule is O=C(CSc1nnc(COc2ccccc2Cl)n1C1CC1)N1CCOC2CCCCC21. The van der Waals surface area contributed by atoms with Crippen LogP contribution in [-0.4, -0.2) is 56.6 Å². The van der Waals surface area contributed by atoms with E-state index in [1.54, 1.807) is 6.07 Å². The van der Waals surface area contributed by atoms with Gasteiger partial charge < -0.3 is 14.4 Å². The number of morpholine rings is 1. The lowest BCUT2D eigenvalue weighted by Gasteiger charge is -2.43. The van der Waals surface area contributed by atoms with Crippen molar-refractivity contribution in [3.05, 3.63) is 35.1 Å². The van der Waals surface area contributed by atoms with Crippen molar-refractivity contribution in [2.75, 3.05) is 18.9 Å². The Balaban J connectivity index is 1.23. The maximum Gasteiger partial charge on any atom is 0.233 e. The zero-order chi connectivity index (χ0) is 21.2. The molecule has 2 aromatic rings. The van der Waals surface area contributed by atoms with Gasteiger partial charge in [-0.2, -0.15) is 0 Å². The molecule has 2 heterocycles. The highest BCUT2D eigenvalue weighted by Gasteiger charge is 2.37. The van der Waals surface area contributed by atoms with Gasteiger partial charge in [-0.25, -0.2) is 0 Å². The summed E-state index contributed by atoms with van der Waals surface area (Å²) in [5.41, 5.74) is 0. The van der Waals surface area contributed by atoms with E-state index in [-0.39, 0.29) is 18.1 Å². The summed E-state index contributed by atoms with van der Waals surface area (Å²) in [6.45, 7) is 1.63. The molecule has 3 fully saturated rings. The second-order valence-electron chi connectivity index (χ2n) is 8.36. The van der Waals surface area contributed by atoms with Crippen molar-refractivity contribution in [3.8, 4) is 5.75 Å². The fourth-order valence-corrected chi connectivity index (χ4v) is 5.62. The Morgan fingerprint density at radius 1 is 1.19 bits per heavy atom. The Hall–Kier alpha value is -1.77. The van der Waals surface area contributed by atoms with Gasteiger partial charge in [0.2, 0.25) is 5.91 Å². The molecule has 3 aliphatic rings. The number of halogens is 1. The van der Waals surface area contributed by atoms with Gasteiger partial charge in [-0.1, -0.05) is 48.3 Å². The molecule has 0 bridgehead atoms. The number of amides is 1. The lowest BCUT2D eigenvalue weighted by atomic mass is 9.90. The van der Waals surface area contributed by atoms with Crippen LogP contribution in [0.15, 0.2) is 29.4 Å². The summed E-state index contributed by atoms with van der Waals surface area (Å²) in [5.74, 6) is 1.95. The van der Waals surface area contributed by atoms with Crippen molar-refractivity contribution in [2.24, 2.45) is 0 Å². The van der Waals surface area contributed by atoms with E-state index >= 15 is 0 Å². The van der Waals surface area contributed by atoms with Gasteiger partial charge in [0.1, 0.15) is 12.4 Å². The van der Waals surface area contributed by atoms with Gasteiger partial charge in [0.15, 0.2) is 11.0 Å². The minimum Gasteiger partial charge on any atom is -0.484 e. The fourth-order valence-electron chi connectivity index (χ4n) is 4.52.